The van der Waals surface area contributed by atoms with Gasteiger partial charge in [0.15, 0.2) is 0 Å². The van der Waals surface area contributed by atoms with E-state index in [9.17, 15) is 9.90 Å². The van der Waals surface area contributed by atoms with Crippen LogP contribution in [0.4, 0.5) is 0 Å². The summed E-state index contributed by atoms with van der Waals surface area (Å²) in [4.78, 5) is 15.0. The average Bonchev–Trinajstić information content (AvgIpc) is 3.02. The normalized spacial score (nSPS) is 31.1. The molecule has 1 aromatic carbocycles. The molecule has 118 valence electrons. The van der Waals surface area contributed by atoms with Crippen LogP contribution in [0.25, 0.3) is 0 Å². The van der Waals surface area contributed by atoms with Crippen molar-refractivity contribution < 1.29 is 9.90 Å². The van der Waals surface area contributed by atoms with Crippen LogP contribution >= 0.6 is 0 Å². The van der Waals surface area contributed by atoms with Crippen molar-refractivity contribution in [2.45, 2.75) is 63.3 Å². The van der Waals surface area contributed by atoms with E-state index in [4.69, 9.17) is 0 Å². The largest absolute Gasteiger partial charge is 0.508 e. The second-order valence-electron chi connectivity index (χ2n) is 7.73. The summed E-state index contributed by atoms with van der Waals surface area (Å²) in [6, 6.07) is 6.13. The molecule has 2 fully saturated rings. The first-order chi connectivity index (χ1) is 10.6. The number of rotatable bonds is 1. The molecule has 0 radical (unpaired) electrons. The molecule has 3 nitrogen and oxygen atoms in total. The molecule has 3 aliphatic rings. The third-order valence-corrected chi connectivity index (χ3v) is 6.22. The fourth-order valence-corrected chi connectivity index (χ4v) is 4.96. The minimum absolute atomic E-state index is 0.115. The lowest BCUT2D eigenvalue weighted by Gasteiger charge is -2.50. The van der Waals surface area contributed by atoms with E-state index in [0.29, 0.717) is 17.7 Å². The second kappa shape index (κ2) is 5.00. The molecule has 2 bridgehead atoms. The molecule has 1 N–H and O–H groups in total. The second-order valence-corrected chi connectivity index (χ2v) is 7.73. The number of nitrogens with zero attached hydrogens (tertiary/aromatic N) is 1. The molecule has 0 aromatic heterocycles. The first kappa shape index (κ1) is 14.1. The average molecular weight is 299 g/mol. The van der Waals surface area contributed by atoms with Gasteiger partial charge in [0, 0.05) is 18.5 Å². The van der Waals surface area contributed by atoms with Gasteiger partial charge in [-0.05, 0) is 60.8 Å². The Kier molecular flexibility index (Phi) is 3.21. The summed E-state index contributed by atoms with van der Waals surface area (Å²) in [5, 5.41) is 9.82. The Balaban J connectivity index is 1.63. The highest BCUT2D eigenvalue weighted by Crippen LogP contribution is 2.46. The van der Waals surface area contributed by atoms with Crippen LogP contribution in [-0.4, -0.2) is 28.5 Å². The maximum absolute atomic E-state index is 12.9. The molecule has 1 aliphatic heterocycles. The van der Waals surface area contributed by atoms with E-state index < -0.39 is 0 Å². The number of benzene rings is 1. The molecule has 0 spiro atoms. The summed E-state index contributed by atoms with van der Waals surface area (Å²) >= 11 is 0. The van der Waals surface area contributed by atoms with Crippen molar-refractivity contribution in [1.29, 1.82) is 0 Å². The molecule has 1 saturated carbocycles. The molecule has 22 heavy (non-hydrogen) atoms. The van der Waals surface area contributed by atoms with Gasteiger partial charge in [-0.2, -0.15) is 0 Å². The lowest BCUT2D eigenvalue weighted by molar-refractivity contribution is -0.140. The summed E-state index contributed by atoms with van der Waals surface area (Å²) in [5.74, 6) is 1.06. The van der Waals surface area contributed by atoms with Crippen molar-refractivity contribution in [3.8, 4) is 5.75 Å². The molecular formula is C19H25NO2. The SMILES string of the molecule is C[C@]12CCN(C(=O)C3CCCC3)[C@@H](Cc3ccc(O)cc31)C2. The maximum Gasteiger partial charge on any atom is 0.225 e. The monoisotopic (exact) mass is 299 g/mol. The molecule has 1 heterocycles. The number of aromatic hydroxyl groups is 1. The van der Waals surface area contributed by atoms with Gasteiger partial charge < -0.3 is 10.0 Å². The predicted octanol–water partition coefficient (Wildman–Crippen LogP) is 3.39. The number of hydrogen-bond donors (Lipinski definition) is 1. The highest BCUT2D eigenvalue weighted by Gasteiger charge is 2.45. The van der Waals surface area contributed by atoms with Gasteiger partial charge in [-0.25, -0.2) is 0 Å². The van der Waals surface area contributed by atoms with Crippen molar-refractivity contribution in [2.24, 2.45) is 5.92 Å². The third-order valence-electron chi connectivity index (χ3n) is 6.22. The van der Waals surface area contributed by atoms with Crippen LogP contribution in [0.3, 0.4) is 0 Å². The lowest BCUT2D eigenvalue weighted by atomic mass is 9.65. The summed E-state index contributed by atoms with van der Waals surface area (Å²) in [5.41, 5.74) is 2.74. The van der Waals surface area contributed by atoms with Crippen molar-refractivity contribution in [3.05, 3.63) is 29.3 Å². The summed E-state index contributed by atoms with van der Waals surface area (Å²) in [7, 11) is 0. The number of fused-ring (bicyclic) bond motifs is 4. The van der Waals surface area contributed by atoms with Crippen molar-refractivity contribution in [3.63, 3.8) is 0 Å². The van der Waals surface area contributed by atoms with Crippen molar-refractivity contribution >= 4 is 5.91 Å². The lowest BCUT2D eigenvalue weighted by Crippen LogP contribution is -2.55. The minimum atomic E-state index is 0.115. The number of likely N-dealkylation sites (tertiary alicyclic amines) is 1. The number of phenolic OH excluding ortho intramolecular Hbond substituents is 1. The molecular weight excluding hydrogens is 274 g/mol. The summed E-state index contributed by atoms with van der Waals surface area (Å²) < 4.78 is 0. The standard InChI is InChI=1S/C19H25NO2/c1-19-8-9-20(18(22)13-4-2-3-5-13)15(12-19)10-14-6-7-16(21)11-17(14)19/h6-7,11,13,15,21H,2-5,8-10,12H2,1H3/t15-,19+/m0/s1. The third kappa shape index (κ3) is 2.13. The highest BCUT2D eigenvalue weighted by molar-refractivity contribution is 5.79. The molecule has 0 unspecified atom stereocenters. The zero-order chi connectivity index (χ0) is 15.3. The van der Waals surface area contributed by atoms with Crippen LogP contribution in [-0.2, 0) is 16.6 Å². The van der Waals surface area contributed by atoms with Gasteiger partial charge in [0.1, 0.15) is 5.75 Å². The molecule has 1 aromatic rings. The van der Waals surface area contributed by atoms with E-state index in [2.05, 4.69) is 17.9 Å². The fraction of sp³-hybridized carbons (Fsp3) is 0.632. The molecule has 2 atom stereocenters. The molecule has 3 heteroatoms. The molecule has 2 aliphatic carbocycles. The predicted molar refractivity (Wildman–Crippen MR) is 85.9 cm³/mol. The van der Waals surface area contributed by atoms with E-state index >= 15 is 0 Å². The van der Waals surface area contributed by atoms with Crippen molar-refractivity contribution in [2.75, 3.05) is 6.54 Å². The smallest absolute Gasteiger partial charge is 0.225 e. The molecule has 4 rings (SSSR count). The number of amides is 1. The van der Waals surface area contributed by atoms with E-state index in [1.807, 2.05) is 6.07 Å². The number of piperidine rings is 1. The number of carbonyl (C=O) groups excluding carboxylic acids is 1. The van der Waals surface area contributed by atoms with E-state index in [1.165, 1.54) is 24.0 Å². The van der Waals surface area contributed by atoms with Gasteiger partial charge in [0.25, 0.3) is 0 Å². The Hall–Kier alpha value is -1.51. The Labute approximate surface area is 132 Å². The van der Waals surface area contributed by atoms with Gasteiger partial charge >= 0.3 is 0 Å². The van der Waals surface area contributed by atoms with Crippen LogP contribution in [0.2, 0.25) is 0 Å². The van der Waals surface area contributed by atoms with Gasteiger partial charge in [-0.1, -0.05) is 25.8 Å². The Morgan fingerprint density at radius 3 is 2.86 bits per heavy atom. The van der Waals surface area contributed by atoms with Crippen LogP contribution in [0.1, 0.15) is 56.6 Å². The fourth-order valence-electron chi connectivity index (χ4n) is 4.96. The van der Waals surface area contributed by atoms with Crippen molar-refractivity contribution in [1.82, 2.24) is 4.90 Å². The zero-order valence-electron chi connectivity index (χ0n) is 13.3. The first-order valence-corrected chi connectivity index (χ1v) is 8.70. The number of hydrogen-bond acceptors (Lipinski definition) is 2. The van der Waals surface area contributed by atoms with E-state index in [1.54, 1.807) is 6.07 Å². The zero-order valence-corrected chi connectivity index (χ0v) is 13.3. The topological polar surface area (TPSA) is 40.5 Å². The van der Waals surface area contributed by atoms with Crippen LogP contribution < -0.4 is 0 Å². The number of phenols is 1. The Morgan fingerprint density at radius 1 is 1.32 bits per heavy atom. The van der Waals surface area contributed by atoms with E-state index in [0.717, 1.165) is 38.6 Å². The van der Waals surface area contributed by atoms with E-state index in [-0.39, 0.29) is 11.3 Å². The first-order valence-electron chi connectivity index (χ1n) is 8.70. The summed E-state index contributed by atoms with van der Waals surface area (Å²) in [6.07, 6.45) is 7.61. The molecule has 1 saturated heterocycles. The van der Waals surface area contributed by atoms with Crippen LogP contribution in [0.5, 0.6) is 5.75 Å². The summed E-state index contributed by atoms with van der Waals surface area (Å²) in [6.45, 7) is 3.18. The minimum Gasteiger partial charge on any atom is -0.508 e. The molecule has 1 amide bonds. The maximum atomic E-state index is 12.9. The van der Waals surface area contributed by atoms with Gasteiger partial charge in [-0.15, -0.1) is 0 Å². The van der Waals surface area contributed by atoms with Gasteiger partial charge in [-0.3, -0.25) is 4.79 Å². The quantitative estimate of drug-likeness (QED) is 0.863. The Bertz CT molecular complexity index is 605. The van der Waals surface area contributed by atoms with Crippen LogP contribution in [0, 0.1) is 5.92 Å². The van der Waals surface area contributed by atoms with Gasteiger partial charge in [0.2, 0.25) is 5.91 Å². The van der Waals surface area contributed by atoms with Crippen LogP contribution in [0.15, 0.2) is 18.2 Å². The highest BCUT2D eigenvalue weighted by atomic mass is 16.3. The Morgan fingerprint density at radius 2 is 2.09 bits per heavy atom. The van der Waals surface area contributed by atoms with Gasteiger partial charge in [0.05, 0.1) is 0 Å². The number of carbonyl (C=O) groups is 1.